The number of carbonyl (C=O) groups excluding carboxylic acids is 1. The Balaban J connectivity index is 1.54. The van der Waals surface area contributed by atoms with Crippen LogP contribution in [0.4, 0.5) is 5.69 Å². The summed E-state index contributed by atoms with van der Waals surface area (Å²) in [7, 11) is 0. The molecule has 35 heavy (non-hydrogen) atoms. The lowest BCUT2D eigenvalue weighted by atomic mass is 10.1. The number of benzene rings is 4. The number of anilines is 1. The Morgan fingerprint density at radius 1 is 0.971 bits per heavy atom. The molecule has 0 aliphatic heterocycles. The van der Waals surface area contributed by atoms with Crippen molar-refractivity contribution < 1.29 is 9.53 Å². The quantitative estimate of drug-likeness (QED) is 0.205. The lowest BCUT2D eigenvalue weighted by Crippen LogP contribution is -2.14. The molecule has 7 heteroatoms. The van der Waals surface area contributed by atoms with Gasteiger partial charge in [0, 0.05) is 10.7 Å². The van der Waals surface area contributed by atoms with E-state index in [1.54, 1.807) is 37.3 Å². The number of ether oxygens (including phenoxy) is 1. The van der Waals surface area contributed by atoms with Gasteiger partial charge in [-0.25, -0.2) is 0 Å². The maximum absolute atomic E-state index is 12.7. The van der Waals surface area contributed by atoms with Crippen LogP contribution in [0.3, 0.4) is 0 Å². The number of halogens is 3. The van der Waals surface area contributed by atoms with E-state index in [9.17, 15) is 10.1 Å². The third-order valence-electron chi connectivity index (χ3n) is 5.46. The van der Waals surface area contributed by atoms with Gasteiger partial charge in [-0.3, -0.25) is 4.79 Å². The van der Waals surface area contributed by atoms with Crippen LogP contribution >= 0.6 is 34.8 Å². The van der Waals surface area contributed by atoms with Crippen molar-refractivity contribution in [2.24, 2.45) is 0 Å². The maximum atomic E-state index is 12.7. The first-order valence-electron chi connectivity index (χ1n) is 10.6. The van der Waals surface area contributed by atoms with Crippen LogP contribution < -0.4 is 10.1 Å². The predicted molar refractivity (Wildman–Crippen MR) is 143 cm³/mol. The van der Waals surface area contributed by atoms with Gasteiger partial charge >= 0.3 is 0 Å². The van der Waals surface area contributed by atoms with Gasteiger partial charge in [0.1, 0.15) is 18.2 Å². The van der Waals surface area contributed by atoms with E-state index >= 15 is 0 Å². The average Bonchev–Trinajstić information content (AvgIpc) is 2.85. The van der Waals surface area contributed by atoms with Crippen LogP contribution in [-0.2, 0) is 11.4 Å². The summed E-state index contributed by atoms with van der Waals surface area (Å²) in [6.45, 7) is 2.06. The smallest absolute Gasteiger partial charge is 0.266 e. The number of nitrogens with zero attached hydrogens (tertiary/aromatic N) is 1. The molecule has 0 saturated carbocycles. The summed E-state index contributed by atoms with van der Waals surface area (Å²) < 4.78 is 5.96. The van der Waals surface area contributed by atoms with E-state index in [1.807, 2.05) is 48.5 Å². The molecule has 0 aliphatic rings. The van der Waals surface area contributed by atoms with Gasteiger partial charge < -0.3 is 10.1 Å². The SMILES string of the molecule is Cc1c(Cl)cccc1NC(=O)/C(C#N)=C\c1cc(Cl)c(OCc2cccc3ccccc23)c(Cl)c1. The number of rotatable bonds is 6. The van der Waals surface area contributed by atoms with E-state index in [0.717, 1.165) is 16.3 Å². The van der Waals surface area contributed by atoms with E-state index in [4.69, 9.17) is 39.5 Å². The second kappa shape index (κ2) is 10.8. The number of nitriles is 1. The number of amides is 1. The zero-order valence-electron chi connectivity index (χ0n) is 18.6. The Labute approximate surface area is 218 Å². The van der Waals surface area contributed by atoms with Crippen molar-refractivity contribution in [1.82, 2.24) is 0 Å². The molecular formula is C28H19Cl3N2O2. The van der Waals surface area contributed by atoms with Gasteiger partial charge in [0.25, 0.3) is 5.91 Å². The van der Waals surface area contributed by atoms with E-state index in [2.05, 4.69) is 5.32 Å². The van der Waals surface area contributed by atoms with E-state index in [-0.39, 0.29) is 22.2 Å². The standard InChI is InChI=1S/C28H19Cl3N2O2/c1-17-23(29)10-5-11-26(17)33-28(34)21(15-32)12-18-13-24(30)27(25(31)14-18)35-16-20-8-4-7-19-6-2-3-9-22(19)20/h2-14H,16H2,1H3,(H,33,34)/b21-12-. The maximum Gasteiger partial charge on any atom is 0.266 e. The molecule has 1 amide bonds. The third-order valence-corrected chi connectivity index (χ3v) is 6.44. The number of nitrogens with one attached hydrogen (secondary N) is 1. The van der Waals surface area contributed by atoms with Gasteiger partial charge in [-0.2, -0.15) is 5.26 Å². The molecular weight excluding hydrogens is 503 g/mol. The minimum absolute atomic E-state index is 0.110. The molecule has 1 N–H and O–H groups in total. The summed E-state index contributed by atoms with van der Waals surface area (Å²) in [5.41, 5.74) is 2.61. The van der Waals surface area contributed by atoms with Crippen LogP contribution in [0.25, 0.3) is 16.8 Å². The van der Waals surface area contributed by atoms with Crippen LogP contribution in [0.1, 0.15) is 16.7 Å². The van der Waals surface area contributed by atoms with Gasteiger partial charge in [0.2, 0.25) is 0 Å². The summed E-state index contributed by atoms with van der Waals surface area (Å²) >= 11 is 19.0. The summed E-state index contributed by atoms with van der Waals surface area (Å²) in [4.78, 5) is 12.7. The molecule has 0 aliphatic carbocycles. The minimum atomic E-state index is -0.568. The lowest BCUT2D eigenvalue weighted by molar-refractivity contribution is -0.112. The Morgan fingerprint density at radius 2 is 1.66 bits per heavy atom. The van der Waals surface area contributed by atoms with Gasteiger partial charge in [0.05, 0.1) is 10.0 Å². The molecule has 0 bridgehead atoms. The summed E-state index contributed by atoms with van der Waals surface area (Å²) in [6, 6.07) is 24.3. The van der Waals surface area contributed by atoms with Gasteiger partial charge in [0.15, 0.2) is 5.75 Å². The van der Waals surface area contributed by atoms with E-state index in [0.29, 0.717) is 27.6 Å². The highest BCUT2D eigenvalue weighted by molar-refractivity contribution is 6.37. The van der Waals surface area contributed by atoms with E-state index in [1.165, 1.54) is 6.08 Å². The normalized spacial score (nSPS) is 11.2. The van der Waals surface area contributed by atoms with Crippen molar-refractivity contribution in [3.8, 4) is 11.8 Å². The highest BCUT2D eigenvalue weighted by Crippen LogP contribution is 2.36. The van der Waals surface area contributed by atoms with Crippen molar-refractivity contribution in [3.63, 3.8) is 0 Å². The second-order valence-corrected chi connectivity index (χ2v) is 9.00. The Kier molecular flexibility index (Phi) is 7.63. The highest BCUT2D eigenvalue weighted by Gasteiger charge is 2.15. The fraction of sp³-hybridized carbons (Fsp3) is 0.0714. The molecule has 0 radical (unpaired) electrons. The van der Waals surface area contributed by atoms with Gasteiger partial charge in [-0.1, -0.05) is 83.3 Å². The summed E-state index contributed by atoms with van der Waals surface area (Å²) in [6.07, 6.45) is 1.42. The number of hydrogen-bond donors (Lipinski definition) is 1. The zero-order chi connectivity index (χ0) is 24.9. The predicted octanol–water partition coefficient (Wildman–Crippen LogP) is 8.23. The van der Waals surface area contributed by atoms with Gasteiger partial charge in [-0.15, -0.1) is 0 Å². The Hall–Kier alpha value is -3.49. The van der Waals surface area contributed by atoms with Crippen molar-refractivity contribution in [3.05, 3.63) is 110 Å². The number of carbonyl (C=O) groups is 1. The van der Waals surface area contributed by atoms with Crippen LogP contribution in [0.5, 0.6) is 5.75 Å². The molecule has 0 aromatic heterocycles. The molecule has 4 rings (SSSR count). The molecule has 0 unspecified atom stereocenters. The van der Waals surface area contributed by atoms with Crippen LogP contribution in [-0.4, -0.2) is 5.91 Å². The van der Waals surface area contributed by atoms with Crippen molar-refractivity contribution >= 4 is 63.2 Å². The number of hydrogen-bond acceptors (Lipinski definition) is 3. The van der Waals surface area contributed by atoms with Crippen molar-refractivity contribution in [2.45, 2.75) is 13.5 Å². The van der Waals surface area contributed by atoms with Crippen LogP contribution in [0, 0.1) is 18.3 Å². The molecule has 174 valence electrons. The summed E-state index contributed by atoms with van der Waals surface area (Å²) in [5, 5.41) is 15.5. The highest BCUT2D eigenvalue weighted by atomic mass is 35.5. The third kappa shape index (κ3) is 5.61. The molecule has 0 atom stereocenters. The molecule has 4 nitrogen and oxygen atoms in total. The molecule has 0 heterocycles. The largest absolute Gasteiger partial charge is 0.486 e. The van der Waals surface area contributed by atoms with Crippen LogP contribution in [0.15, 0.2) is 78.4 Å². The zero-order valence-corrected chi connectivity index (χ0v) is 20.9. The first-order valence-corrected chi connectivity index (χ1v) is 11.8. The van der Waals surface area contributed by atoms with Crippen molar-refractivity contribution in [1.29, 1.82) is 5.26 Å². The first kappa shape index (κ1) is 24.6. The molecule has 0 fully saturated rings. The van der Waals surface area contributed by atoms with E-state index < -0.39 is 5.91 Å². The topological polar surface area (TPSA) is 62.1 Å². The lowest BCUT2D eigenvalue weighted by Gasteiger charge is -2.13. The molecule has 0 spiro atoms. The van der Waals surface area contributed by atoms with Crippen molar-refractivity contribution in [2.75, 3.05) is 5.32 Å². The minimum Gasteiger partial charge on any atom is -0.486 e. The summed E-state index contributed by atoms with van der Waals surface area (Å²) in [5.74, 6) is -0.239. The monoisotopic (exact) mass is 520 g/mol. The van der Waals surface area contributed by atoms with Gasteiger partial charge in [-0.05, 0) is 64.7 Å². The molecule has 4 aromatic rings. The molecule has 4 aromatic carbocycles. The second-order valence-electron chi connectivity index (χ2n) is 7.78. The fourth-order valence-electron chi connectivity index (χ4n) is 3.62. The number of fused-ring (bicyclic) bond motifs is 1. The van der Waals surface area contributed by atoms with Crippen LogP contribution in [0.2, 0.25) is 15.1 Å². The first-order chi connectivity index (χ1) is 16.9. The molecule has 0 saturated heterocycles. The Bertz CT molecular complexity index is 1480. The fourth-order valence-corrected chi connectivity index (χ4v) is 4.40. The average molecular weight is 522 g/mol. The Morgan fingerprint density at radius 3 is 2.40 bits per heavy atom.